The van der Waals surface area contributed by atoms with E-state index in [0.717, 1.165) is 25.4 Å². The van der Waals surface area contributed by atoms with Gasteiger partial charge >= 0.3 is 0 Å². The van der Waals surface area contributed by atoms with E-state index in [-0.39, 0.29) is 0 Å². The molecule has 0 aliphatic carbocycles. The van der Waals surface area contributed by atoms with Crippen LogP contribution in [0.4, 0.5) is 0 Å². The zero-order valence-electron chi connectivity index (χ0n) is 11.4. The van der Waals surface area contributed by atoms with E-state index >= 15 is 0 Å². The summed E-state index contributed by atoms with van der Waals surface area (Å²) in [5.41, 5.74) is 8.14. The molecule has 1 atom stereocenters. The van der Waals surface area contributed by atoms with Crippen molar-refractivity contribution in [2.75, 3.05) is 27.2 Å². The number of hydrogen-bond acceptors (Lipinski definition) is 3. The second-order valence-corrected chi connectivity index (χ2v) is 4.85. The molecule has 1 aromatic rings. The zero-order chi connectivity index (χ0) is 12.8. The van der Waals surface area contributed by atoms with Gasteiger partial charge in [0.25, 0.3) is 0 Å². The Kier molecular flexibility index (Phi) is 5.45. The summed E-state index contributed by atoms with van der Waals surface area (Å²) >= 11 is 0. The highest BCUT2D eigenvalue weighted by Crippen LogP contribution is 2.21. The first-order valence-corrected chi connectivity index (χ1v) is 6.09. The first kappa shape index (κ1) is 14.0. The Bertz CT molecular complexity index is 352. The van der Waals surface area contributed by atoms with Crippen LogP contribution in [0.3, 0.4) is 0 Å². The number of aryl methyl sites for hydroxylation is 1. The Hall–Kier alpha value is -1.06. The molecule has 0 aromatic heterocycles. The number of rotatable bonds is 6. The third kappa shape index (κ3) is 4.36. The molecule has 1 rings (SSSR count). The lowest BCUT2D eigenvalue weighted by molar-refractivity contribution is 0.277. The van der Waals surface area contributed by atoms with Crippen LogP contribution in [-0.4, -0.2) is 32.1 Å². The van der Waals surface area contributed by atoms with E-state index in [1.165, 1.54) is 11.1 Å². The highest BCUT2D eigenvalue weighted by Gasteiger charge is 2.09. The van der Waals surface area contributed by atoms with Gasteiger partial charge in [0.05, 0.1) is 7.11 Å². The summed E-state index contributed by atoms with van der Waals surface area (Å²) in [6, 6.07) is 6.29. The minimum atomic E-state index is 0.524. The van der Waals surface area contributed by atoms with Gasteiger partial charge in [-0.3, -0.25) is 0 Å². The fourth-order valence-corrected chi connectivity index (χ4v) is 1.99. The average molecular weight is 236 g/mol. The highest BCUT2D eigenvalue weighted by atomic mass is 16.5. The van der Waals surface area contributed by atoms with E-state index < -0.39 is 0 Å². The molecule has 0 spiro atoms. The molecule has 1 aromatic carbocycles. The highest BCUT2D eigenvalue weighted by molar-refractivity contribution is 5.36. The fourth-order valence-electron chi connectivity index (χ4n) is 1.99. The van der Waals surface area contributed by atoms with Gasteiger partial charge in [-0.05, 0) is 32.5 Å². The molecule has 0 fully saturated rings. The zero-order valence-corrected chi connectivity index (χ0v) is 11.4. The molecule has 0 bridgehead atoms. The minimum absolute atomic E-state index is 0.524. The molecule has 0 radical (unpaired) electrons. The van der Waals surface area contributed by atoms with Crippen LogP contribution in [0.5, 0.6) is 5.75 Å². The van der Waals surface area contributed by atoms with Crippen LogP contribution in [0.1, 0.15) is 18.1 Å². The van der Waals surface area contributed by atoms with Crippen LogP contribution in [0, 0.1) is 12.8 Å². The number of hydrogen-bond donors (Lipinski definition) is 1. The normalized spacial score (nSPS) is 12.8. The molecule has 0 aliphatic rings. The Balaban J connectivity index is 2.69. The SMILES string of the molecule is COc1ccc(C)cc1CN(C)CC(C)CN. The summed E-state index contributed by atoms with van der Waals surface area (Å²) in [6.07, 6.45) is 0. The van der Waals surface area contributed by atoms with Crippen LogP contribution in [0.25, 0.3) is 0 Å². The molecule has 2 N–H and O–H groups in total. The van der Waals surface area contributed by atoms with Crippen molar-refractivity contribution in [1.82, 2.24) is 4.90 Å². The monoisotopic (exact) mass is 236 g/mol. The molecule has 0 amide bonds. The van der Waals surface area contributed by atoms with E-state index in [9.17, 15) is 0 Å². The molecule has 0 aliphatic heterocycles. The van der Waals surface area contributed by atoms with Crippen molar-refractivity contribution in [3.63, 3.8) is 0 Å². The third-order valence-corrected chi connectivity index (χ3v) is 2.90. The lowest BCUT2D eigenvalue weighted by Gasteiger charge is -2.21. The smallest absolute Gasteiger partial charge is 0.123 e. The largest absolute Gasteiger partial charge is 0.496 e. The van der Waals surface area contributed by atoms with Gasteiger partial charge in [-0.2, -0.15) is 0 Å². The molecule has 17 heavy (non-hydrogen) atoms. The van der Waals surface area contributed by atoms with Crippen molar-refractivity contribution in [1.29, 1.82) is 0 Å². The lowest BCUT2D eigenvalue weighted by atomic mass is 10.1. The van der Waals surface area contributed by atoms with Crippen molar-refractivity contribution in [2.24, 2.45) is 11.7 Å². The van der Waals surface area contributed by atoms with E-state index in [2.05, 4.69) is 37.9 Å². The van der Waals surface area contributed by atoms with Crippen molar-refractivity contribution >= 4 is 0 Å². The summed E-state index contributed by atoms with van der Waals surface area (Å²) in [5.74, 6) is 1.48. The average Bonchev–Trinajstić information content (AvgIpc) is 2.29. The molecule has 0 heterocycles. The summed E-state index contributed by atoms with van der Waals surface area (Å²) in [6.45, 7) is 6.91. The first-order chi connectivity index (χ1) is 8.06. The summed E-state index contributed by atoms with van der Waals surface area (Å²) < 4.78 is 5.38. The van der Waals surface area contributed by atoms with Gasteiger partial charge in [0.1, 0.15) is 5.75 Å². The van der Waals surface area contributed by atoms with E-state index in [1.807, 2.05) is 6.07 Å². The maximum atomic E-state index is 5.64. The molecule has 3 heteroatoms. The van der Waals surface area contributed by atoms with Crippen LogP contribution < -0.4 is 10.5 Å². The minimum Gasteiger partial charge on any atom is -0.496 e. The molecular weight excluding hydrogens is 212 g/mol. The number of benzene rings is 1. The van der Waals surface area contributed by atoms with Crippen LogP contribution in [-0.2, 0) is 6.54 Å². The quantitative estimate of drug-likeness (QED) is 0.821. The molecule has 3 nitrogen and oxygen atoms in total. The number of ether oxygens (including phenoxy) is 1. The molecule has 0 saturated heterocycles. The standard InChI is InChI=1S/C14H24N2O/c1-11-5-6-14(17-4)13(7-11)10-16(3)9-12(2)8-15/h5-7,12H,8-10,15H2,1-4H3. The Morgan fingerprint density at radius 3 is 2.71 bits per heavy atom. The fraction of sp³-hybridized carbons (Fsp3) is 0.571. The van der Waals surface area contributed by atoms with E-state index in [4.69, 9.17) is 10.5 Å². The van der Waals surface area contributed by atoms with Crippen LogP contribution in [0.2, 0.25) is 0 Å². The van der Waals surface area contributed by atoms with Gasteiger partial charge in [-0.25, -0.2) is 0 Å². The maximum absolute atomic E-state index is 5.64. The predicted molar refractivity (Wildman–Crippen MR) is 72.3 cm³/mol. The Labute approximate surface area is 105 Å². The van der Waals surface area contributed by atoms with Crippen LogP contribution >= 0.6 is 0 Å². The van der Waals surface area contributed by atoms with Gasteiger partial charge in [0.2, 0.25) is 0 Å². The molecular formula is C14H24N2O. The summed E-state index contributed by atoms with van der Waals surface area (Å²) in [7, 11) is 3.84. The first-order valence-electron chi connectivity index (χ1n) is 6.09. The van der Waals surface area contributed by atoms with Crippen LogP contribution in [0.15, 0.2) is 18.2 Å². The maximum Gasteiger partial charge on any atom is 0.123 e. The van der Waals surface area contributed by atoms with Crippen molar-refractivity contribution in [3.05, 3.63) is 29.3 Å². The Morgan fingerprint density at radius 2 is 2.12 bits per heavy atom. The second-order valence-electron chi connectivity index (χ2n) is 4.85. The number of methoxy groups -OCH3 is 1. The van der Waals surface area contributed by atoms with Gasteiger partial charge in [-0.1, -0.05) is 24.6 Å². The van der Waals surface area contributed by atoms with Crippen molar-refractivity contribution in [2.45, 2.75) is 20.4 Å². The summed E-state index contributed by atoms with van der Waals surface area (Å²) in [5, 5.41) is 0. The third-order valence-electron chi connectivity index (χ3n) is 2.90. The molecule has 0 saturated carbocycles. The van der Waals surface area contributed by atoms with Gasteiger partial charge in [-0.15, -0.1) is 0 Å². The predicted octanol–water partition coefficient (Wildman–Crippen LogP) is 2.03. The molecule has 96 valence electrons. The second kappa shape index (κ2) is 6.62. The van der Waals surface area contributed by atoms with Gasteiger partial charge in [0.15, 0.2) is 0 Å². The number of nitrogens with two attached hydrogens (primary N) is 1. The summed E-state index contributed by atoms with van der Waals surface area (Å²) in [4.78, 5) is 2.29. The van der Waals surface area contributed by atoms with Crippen molar-refractivity contribution in [3.8, 4) is 5.75 Å². The molecule has 1 unspecified atom stereocenters. The lowest BCUT2D eigenvalue weighted by Crippen LogP contribution is -2.28. The van der Waals surface area contributed by atoms with Crippen molar-refractivity contribution < 1.29 is 4.74 Å². The van der Waals surface area contributed by atoms with Gasteiger partial charge in [0, 0.05) is 18.7 Å². The number of nitrogens with zero attached hydrogens (tertiary/aromatic N) is 1. The van der Waals surface area contributed by atoms with Gasteiger partial charge < -0.3 is 15.4 Å². The van der Waals surface area contributed by atoms with E-state index in [0.29, 0.717) is 5.92 Å². The Morgan fingerprint density at radius 1 is 1.41 bits per heavy atom. The topological polar surface area (TPSA) is 38.5 Å². The van der Waals surface area contributed by atoms with E-state index in [1.54, 1.807) is 7.11 Å².